The van der Waals surface area contributed by atoms with Crippen molar-refractivity contribution in [2.45, 2.75) is 24.5 Å². The predicted molar refractivity (Wildman–Crippen MR) is 133 cm³/mol. The summed E-state index contributed by atoms with van der Waals surface area (Å²) in [6.45, 7) is 3.95. The summed E-state index contributed by atoms with van der Waals surface area (Å²) in [5.41, 5.74) is 5.27. The van der Waals surface area contributed by atoms with Crippen molar-refractivity contribution in [2.24, 2.45) is 0 Å². The van der Waals surface area contributed by atoms with Gasteiger partial charge < -0.3 is 14.8 Å². The summed E-state index contributed by atoms with van der Waals surface area (Å²) in [7, 11) is 1.67. The van der Waals surface area contributed by atoms with Gasteiger partial charge in [0.05, 0.1) is 25.5 Å². The SMILES string of the molecule is COc1ccc2c3c([nH]c2c1)[C@@H](CO)N(Cc1ccccn1)CC31CN(Cc2cccc(F)c2)C1. The molecule has 0 bridgehead atoms. The lowest BCUT2D eigenvalue weighted by Gasteiger charge is -2.56. The predicted octanol–water partition coefficient (Wildman–Crippen LogP) is 4.01. The zero-order valence-electron chi connectivity index (χ0n) is 19.7. The third-order valence-corrected chi connectivity index (χ3v) is 7.46. The first-order valence-corrected chi connectivity index (χ1v) is 12.0. The van der Waals surface area contributed by atoms with E-state index in [4.69, 9.17) is 4.74 Å². The van der Waals surface area contributed by atoms with Crippen molar-refractivity contribution in [1.82, 2.24) is 19.8 Å². The molecule has 1 fully saturated rings. The Bertz CT molecular complexity index is 1350. The maximum absolute atomic E-state index is 13.8. The summed E-state index contributed by atoms with van der Waals surface area (Å²) in [4.78, 5) is 12.9. The Kier molecular flexibility index (Phi) is 5.56. The molecule has 2 aliphatic rings. The molecule has 35 heavy (non-hydrogen) atoms. The minimum atomic E-state index is -0.199. The van der Waals surface area contributed by atoms with Crippen LogP contribution in [0.1, 0.15) is 28.6 Å². The van der Waals surface area contributed by atoms with Crippen LogP contribution in [0.5, 0.6) is 5.75 Å². The molecule has 1 spiro atoms. The Morgan fingerprint density at radius 3 is 2.71 bits per heavy atom. The number of hydrogen-bond donors (Lipinski definition) is 2. The maximum Gasteiger partial charge on any atom is 0.123 e. The molecule has 0 amide bonds. The van der Waals surface area contributed by atoms with Crippen molar-refractivity contribution in [3.05, 3.63) is 95.2 Å². The first-order valence-electron chi connectivity index (χ1n) is 12.0. The van der Waals surface area contributed by atoms with E-state index in [1.807, 2.05) is 42.6 Å². The number of aromatic nitrogens is 2. The second-order valence-corrected chi connectivity index (χ2v) is 9.81. The highest BCUT2D eigenvalue weighted by molar-refractivity contribution is 5.88. The van der Waals surface area contributed by atoms with Crippen LogP contribution in [0.3, 0.4) is 0 Å². The molecule has 2 aromatic carbocycles. The van der Waals surface area contributed by atoms with E-state index in [1.165, 1.54) is 17.0 Å². The quantitative estimate of drug-likeness (QED) is 0.444. The molecule has 4 aromatic rings. The molecule has 2 N–H and O–H groups in total. The van der Waals surface area contributed by atoms with Crippen LogP contribution < -0.4 is 4.74 Å². The number of rotatable bonds is 6. The van der Waals surface area contributed by atoms with Gasteiger partial charge in [-0.3, -0.25) is 14.8 Å². The fourth-order valence-corrected chi connectivity index (χ4v) is 6.05. The third-order valence-electron chi connectivity index (χ3n) is 7.46. The molecule has 6 nitrogen and oxygen atoms in total. The molecule has 4 heterocycles. The van der Waals surface area contributed by atoms with Gasteiger partial charge in [-0.1, -0.05) is 18.2 Å². The van der Waals surface area contributed by atoms with Crippen LogP contribution in [-0.4, -0.2) is 58.2 Å². The molecule has 6 rings (SSSR count). The molecule has 0 radical (unpaired) electrons. The highest BCUT2D eigenvalue weighted by Crippen LogP contribution is 2.49. The largest absolute Gasteiger partial charge is 0.497 e. The Hall–Kier alpha value is -3.26. The first kappa shape index (κ1) is 22.2. The molecule has 7 heteroatoms. The van der Waals surface area contributed by atoms with Gasteiger partial charge in [-0.2, -0.15) is 0 Å². The highest BCUT2D eigenvalue weighted by Gasteiger charge is 2.52. The zero-order valence-corrected chi connectivity index (χ0v) is 19.7. The number of ether oxygens (including phenoxy) is 1. The van der Waals surface area contributed by atoms with Gasteiger partial charge in [-0.05, 0) is 47.5 Å². The monoisotopic (exact) mass is 472 g/mol. The van der Waals surface area contributed by atoms with Crippen molar-refractivity contribution in [2.75, 3.05) is 33.4 Å². The van der Waals surface area contributed by atoms with Gasteiger partial charge in [-0.25, -0.2) is 4.39 Å². The summed E-state index contributed by atoms with van der Waals surface area (Å²) >= 11 is 0. The van der Waals surface area contributed by atoms with Crippen LogP contribution >= 0.6 is 0 Å². The Balaban J connectivity index is 1.38. The standard InChI is InChI=1S/C28H29FN4O2/c1-35-22-8-9-23-24(12-22)31-27-25(15-34)33(14-21-7-2-3-10-30-21)18-28(26(23)27)16-32(17-28)13-19-5-4-6-20(29)11-19/h2-12,25,31,34H,13-18H2,1H3/t25-/m1/s1. The highest BCUT2D eigenvalue weighted by atomic mass is 19.1. The number of aliphatic hydroxyl groups is 1. The summed E-state index contributed by atoms with van der Waals surface area (Å²) in [5.74, 6) is 0.605. The molecule has 180 valence electrons. The van der Waals surface area contributed by atoms with E-state index in [2.05, 4.69) is 25.8 Å². The average Bonchev–Trinajstić information content (AvgIpc) is 3.23. The van der Waals surface area contributed by atoms with Gasteiger partial charge in [-0.15, -0.1) is 0 Å². The lowest BCUT2D eigenvalue weighted by atomic mass is 9.68. The van der Waals surface area contributed by atoms with Crippen LogP contribution in [0.25, 0.3) is 10.9 Å². The van der Waals surface area contributed by atoms with E-state index in [1.54, 1.807) is 19.2 Å². The summed E-state index contributed by atoms with van der Waals surface area (Å²) < 4.78 is 19.2. The van der Waals surface area contributed by atoms with Gasteiger partial charge in [0, 0.05) is 67.0 Å². The molecular formula is C28H29FN4O2. The number of nitrogens with zero attached hydrogens (tertiary/aromatic N) is 3. The number of nitrogens with one attached hydrogen (secondary N) is 1. The number of aromatic amines is 1. The molecule has 0 aliphatic carbocycles. The van der Waals surface area contributed by atoms with E-state index < -0.39 is 0 Å². The molecular weight excluding hydrogens is 443 g/mol. The van der Waals surface area contributed by atoms with Crippen molar-refractivity contribution >= 4 is 10.9 Å². The molecule has 2 aromatic heterocycles. The number of methoxy groups -OCH3 is 1. The minimum Gasteiger partial charge on any atom is -0.497 e. The van der Waals surface area contributed by atoms with E-state index in [0.29, 0.717) is 13.1 Å². The third kappa shape index (κ3) is 3.89. The second kappa shape index (κ2) is 8.75. The van der Waals surface area contributed by atoms with Crippen molar-refractivity contribution < 1.29 is 14.2 Å². The minimum absolute atomic E-state index is 0.0207. The number of hydrogen-bond acceptors (Lipinski definition) is 5. The number of fused-ring (bicyclic) bond motifs is 4. The van der Waals surface area contributed by atoms with Crippen LogP contribution in [0.4, 0.5) is 4.39 Å². The Labute approximate surface area is 204 Å². The normalized spacial score (nSPS) is 19.6. The fraction of sp³-hybridized carbons (Fsp3) is 0.321. The van der Waals surface area contributed by atoms with Crippen molar-refractivity contribution in [3.8, 4) is 5.75 Å². The number of likely N-dealkylation sites (tertiary alicyclic amines) is 1. The van der Waals surface area contributed by atoms with Crippen LogP contribution in [0.2, 0.25) is 0 Å². The zero-order chi connectivity index (χ0) is 24.0. The smallest absolute Gasteiger partial charge is 0.123 e. The lowest BCUT2D eigenvalue weighted by molar-refractivity contribution is -0.0123. The van der Waals surface area contributed by atoms with Gasteiger partial charge in [0.25, 0.3) is 0 Å². The van der Waals surface area contributed by atoms with E-state index in [0.717, 1.165) is 47.9 Å². The summed E-state index contributed by atoms with van der Waals surface area (Å²) in [6, 6.07) is 18.8. The van der Waals surface area contributed by atoms with Crippen LogP contribution in [-0.2, 0) is 18.5 Å². The number of halogens is 1. The van der Waals surface area contributed by atoms with Crippen molar-refractivity contribution in [1.29, 1.82) is 0 Å². The van der Waals surface area contributed by atoms with Crippen LogP contribution in [0.15, 0.2) is 66.9 Å². The van der Waals surface area contributed by atoms with Crippen LogP contribution in [0, 0.1) is 5.82 Å². The van der Waals surface area contributed by atoms with E-state index in [-0.39, 0.29) is 23.9 Å². The van der Waals surface area contributed by atoms with Gasteiger partial charge in [0.15, 0.2) is 0 Å². The molecule has 0 unspecified atom stereocenters. The number of H-pyrrole nitrogens is 1. The topological polar surface area (TPSA) is 64.6 Å². The summed E-state index contributed by atoms with van der Waals surface area (Å²) in [6.07, 6.45) is 1.81. The Morgan fingerprint density at radius 1 is 1.09 bits per heavy atom. The fourth-order valence-electron chi connectivity index (χ4n) is 6.05. The number of benzene rings is 2. The van der Waals surface area contributed by atoms with Gasteiger partial charge in [0.1, 0.15) is 11.6 Å². The molecule has 1 atom stereocenters. The summed E-state index contributed by atoms with van der Waals surface area (Å²) in [5, 5.41) is 11.7. The van der Waals surface area contributed by atoms with Crippen molar-refractivity contribution in [3.63, 3.8) is 0 Å². The maximum atomic E-state index is 13.8. The van der Waals surface area contributed by atoms with E-state index >= 15 is 0 Å². The Morgan fingerprint density at radius 2 is 1.97 bits per heavy atom. The number of pyridine rings is 1. The second-order valence-electron chi connectivity index (χ2n) is 9.81. The van der Waals surface area contributed by atoms with Gasteiger partial charge >= 0.3 is 0 Å². The molecule has 2 aliphatic heterocycles. The molecule has 1 saturated heterocycles. The van der Waals surface area contributed by atoms with E-state index in [9.17, 15) is 9.50 Å². The van der Waals surface area contributed by atoms with Gasteiger partial charge in [0.2, 0.25) is 0 Å². The lowest BCUT2D eigenvalue weighted by Crippen LogP contribution is -2.65. The average molecular weight is 473 g/mol. The number of aliphatic hydroxyl groups excluding tert-OH is 1. The first-order chi connectivity index (χ1) is 17.1. The molecule has 0 saturated carbocycles.